The zero-order chi connectivity index (χ0) is 11.5. The summed E-state index contributed by atoms with van der Waals surface area (Å²) in [6.07, 6.45) is 4.66. The van der Waals surface area contributed by atoms with Gasteiger partial charge < -0.3 is 4.74 Å². The second-order valence-electron chi connectivity index (χ2n) is 4.22. The molecule has 3 nitrogen and oxygen atoms in total. The molecular formula is C12H16NO2+. The average molecular weight is 206 g/mol. The Hall–Kier alpha value is -1.64. The fraction of sp³-hybridized carbons (Fsp3) is 0.333. The minimum atomic E-state index is -0.471. The largest absolute Gasteiger partial charge is 0.602 e. The number of hydrogen-bond acceptors (Lipinski definition) is 2. The summed E-state index contributed by atoms with van der Waals surface area (Å²) in [5, 5.41) is 0. The van der Waals surface area contributed by atoms with Crippen LogP contribution in [0.1, 0.15) is 26.3 Å². The maximum atomic E-state index is 11.6. The standard InChI is InChI=1S/C12H16NO2/c1-5-10-6-8-13(9-7-10)11(14)15-12(2,3)4/h5-9H,1H2,2-4H3/q+1. The van der Waals surface area contributed by atoms with Crippen LogP contribution in [0, 0.1) is 0 Å². The number of nitrogens with zero attached hydrogens (tertiary/aromatic N) is 1. The molecule has 0 N–H and O–H groups in total. The van der Waals surface area contributed by atoms with E-state index in [1.54, 1.807) is 30.6 Å². The SMILES string of the molecule is C=Cc1cc[n+](C(=O)OC(C)(C)C)cc1. The van der Waals surface area contributed by atoms with Gasteiger partial charge in [-0.2, -0.15) is 4.79 Å². The van der Waals surface area contributed by atoms with Gasteiger partial charge in [0, 0.05) is 12.1 Å². The van der Waals surface area contributed by atoms with E-state index in [9.17, 15) is 4.79 Å². The number of pyridine rings is 1. The van der Waals surface area contributed by atoms with Gasteiger partial charge in [-0.25, -0.2) is 0 Å². The van der Waals surface area contributed by atoms with Crippen molar-refractivity contribution in [3.05, 3.63) is 36.7 Å². The lowest BCUT2D eigenvalue weighted by atomic mass is 10.2. The highest BCUT2D eigenvalue weighted by molar-refractivity contribution is 5.57. The van der Waals surface area contributed by atoms with Crippen molar-refractivity contribution in [2.75, 3.05) is 0 Å². The van der Waals surface area contributed by atoms with Crippen molar-refractivity contribution in [3.63, 3.8) is 0 Å². The smallest absolute Gasteiger partial charge is 0.406 e. The van der Waals surface area contributed by atoms with E-state index in [4.69, 9.17) is 4.74 Å². The molecule has 0 aliphatic rings. The molecule has 0 saturated carbocycles. The van der Waals surface area contributed by atoms with Crippen molar-refractivity contribution in [2.45, 2.75) is 26.4 Å². The molecular weight excluding hydrogens is 190 g/mol. The summed E-state index contributed by atoms with van der Waals surface area (Å²) in [7, 11) is 0. The highest BCUT2D eigenvalue weighted by Crippen LogP contribution is 2.06. The van der Waals surface area contributed by atoms with Crippen LogP contribution in [0.25, 0.3) is 6.08 Å². The topological polar surface area (TPSA) is 30.2 Å². The van der Waals surface area contributed by atoms with Gasteiger partial charge >= 0.3 is 6.09 Å². The molecule has 1 aromatic heterocycles. The zero-order valence-electron chi connectivity index (χ0n) is 9.36. The summed E-state index contributed by atoms with van der Waals surface area (Å²) in [5.41, 5.74) is 0.496. The Morgan fingerprint density at radius 3 is 2.33 bits per heavy atom. The Kier molecular flexibility index (Phi) is 3.24. The summed E-state index contributed by atoms with van der Waals surface area (Å²) in [6.45, 7) is 9.15. The molecule has 80 valence electrons. The third-order valence-corrected chi connectivity index (χ3v) is 1.70. The molecule has 0 spiro atoms. The number of hydrogen-bond donors (Lipinski definition) is 0. The summed E-state index contributed by atoms with van der Waals surface area (Å²) >= 11 is 0. The van der Waals surface area contributed by atoms with Crippen molar-refractivity contribution in [2.24, 2.45) is 0 Å². The molecule has 15 heavy (non-hydrogen) atoms. The molecule has 1 heterocycles. The third-order valence-electron chi connectivity index (χ3n) is 1.70. The predicted molar refractivity (Wildman–Crippen MR) is 58.4 cm³/mol. The molecule has 0 amide bonds. The maximum absolute atomic E-state index is 11.6. The van der Waals surface area contributed by atoms with Gasteiger partial charge in [0.25, 0.3) is 0 Å². The van der Waals surface area contributed by atoms with Crippen LogP contribution in [0.15, 0.2) is 31.1 Å². The van der Waals surface area contributed by atoms with E-state index in [1.165, 1.54) is 4.57 Å². The third kappa shape index (κ3) is 3.54. The van der Waals surface area contributed by atoms with E-state index in [-0.39, 0.29) is 6.09 Å². The fourth-order valence-electron chi connectivity index (χ4n) is 1.01. The van der Waals surface area contributed by atoms with Gasteiger partial charge in [0.05, 0.1) is 0 Å². The van der Waals surface area contributed by atoms with Crippen LogP contribution >= 0.6 is 0 Å². The number of aromatic nitrogens is 1. The van der Waals surface area contributed by atoms with E-state index < -0.39 is 5.60 Å². The van der Waals surface area contributed by atoms with E-state index >= 15 is 0 Å². The van der Waals surface area contributed by atoms with Crippen molar-refractivity contribution in [1.82, 2.24) is 0 Å². The normalized spacial score (nSPS) is 10.9. The minimum Gasteiger partial charge on any atom is -0.406 e. The van der Waals surface area contributed by atoms with Gasteiger partial charge in [-0.05, 0) is 26.3 Å². The minimum absolute atomic E-state index is 0.377. The molecule has 0 saturated heterocycles. The first-order chi connectivity index (χ1) is 6.92. The van der Waals surface area contributed by atoms with Crippen LogP contribution in [0.5, 0.6) is 0 Å². The number of rotatable bonds is 1. The van der Waals surface area contributed by atoms with Crippen molar-refractivity contribution < 1.29 is 14.1 Å². The van der Waals surface area contributed by atoms with Crippen LogP contribution < -0.4 is 4.57 Å². The first-order valence-electron chi connectivity index (χ1n) is 4.79. The second-order valence-corrected chi connectivity index (χ2v) is 4.22. The van der Waals surface area contributed by atoms with Gasteiger partial charge in [-0.15, -0.1) is 0 Å². The molecule has 0 atom stereocenters. The molecule has 1 aromatic rings. The lowest BCUT2D eigenvalue weighted by molar-refractivity contribution is -0.588. The van der Waals surface area contributed by atoms with Crippen LogP contribution in [-0.2, 0) is 4.74 Å². The highest BCUT2D eigenvalue weighted by Gasteiger charge is 2.23. The molecule has 0 bridgehead atoms. The van der Waals surface area contributed by atoms with Crippen LogP contribution in [0.2, 0.25) is 0 Å². The maximum Gasteiger partial charge on any atom is 0.602 e. The van der Waals surface area contributed by atoms with E-state index in [1.807, 2.05) is 20.8 Å². The van der Waals surface area contributed by atoms with Crippen molar-refractivity contribution >= 4 is 12.2 Å². The lowest BCUT2D eigenvalue weighted by Crippen LogP contribution is -2.45. The van der Waals surface area contributed by atoms with Gasteiger partial charge in [-0.1, -0.05) is 17.2 Å². The molecule has 0 fully saturated rings. The molecule has 0 radical (unpaired) electrons. The number of ether oxygens (including phenoxy) is 1. The number of carbonyl (C=O) groups is 1. The fourth-order valence-corrected chi connectivity index (χ4v) is 1.01. The average Bonchev–Trinajstić information content (AvgIpc) is 2.15. The summed E-state index contributed by atoms with van der Waals surface area (Å²) in [5.74, 6) is 0. The summed E-state index contributed by atoms with van der Waals surface area (Å²) in [6, 6.07) is 3.60. The predicted octanol–water partition coefficient (Wildman–Crippen LogP) is 2.40. The van der Waals surface area contributed by atoms with Crippen molar-refractivity contribution in [3.8, 4) is 0 Å². The Balaban J connectivity index is 2.79. The molecule has 1 rings (SSSR count). The quantitative estimate of drug-likeness (QED) is 0.660. The van der Waals surface area contributed by atoms with Gasteiger partial charge in [-0.3, -0.25) is 0 Å². The number of carbonyl (C=O) groups excluding carboxylic acids is 1. The highest BCUT2D eigenvalue weighted by atomic mass is 16.6. The Labute approximate surface area is 90.0 Å². The molecule has 0 aliphatic heterocycles. The monoisotopic (exact) mass is 206 g/mol. The van der Waals surface area contributed by atoms with Crippen LogP contribution in [0.4, 0.5) is 4.79 Å². The molecule has 0 unspecified atom stereocenters. The second kappa shape index (κ2) is 4.26. The Bertz CT molecular complexity index is 360. The first-order valence-corrected chi connectivity index (χ1v) is 4.79. The Morgan fingerprint density at radius 2 is 1.93 bits per heavy atom. The van der Waals surface area contributed by atoms with E-state index in [0.717, 1.165) is 5.56 Å². The van der Waals surface area contributed by atoms with Crippen molar-refractivity contribution in [1.29, 1.82) is 0 Å². The van der Waals surface area contributed by atoms with Crippen LogP contribution in [-0.4, -0.2) is 11.7 Å². The van der Waals surface area contributed by atoms with Gasteiger partial charge in [0.15, 0.2) is 12.4 Å². The van der Waals surface area contributed by atoms with Crippen LogP contribution in [0.3, 0.4) is 0 Å². The molecule has 0 aliphatic carbocycles. The van der Waals surface area contributed by atoms with E-state index in [2.05, 4.69) is 6.58 Å². The molecule has 0 aromatic carbocycles. The lowest BCUT2D eigenvalue weighted by Gasteiger charge is -2.15. The first kappa shape index (κ1) is 11.4. The van der Waals surface area contributed by atoms with Gasteiger partial charge in [0.1, 0.15) is 5.60 Å². The summed E-state index contributed by atoms with van der Waals surface area (Å²) in [4.78, 5) is 11.6. The summed E-state index contributed by atoms with van der Waals surface area (Å²) < 4.78 is 6.60. The zero-order valence-corrected chi connectivity index (χ0v) is 9.36. The molecule has 3 heteroatoms. The Morgan fingerprint density at radius 1 is 1.40 bits per heavy atom. The van der Waals surface area contributed by atoms with E-state index in [0.29, 0.717) is 0 Å². The van der Waals surface area contributed by atoms with Gasteiger partial charge in [0.2, 0.25) is 0 Å².